The Kier molecular flexibility index (Phi) is 5.78. The van der Waals surface area contributed by atoms with Crippen molar-refractivity contribution in [2.45, 2.75) is 30.6 Å². The zero-order valence-electron chi connectivity index (χ0n) is 15.0. The first kappa shape index (κ1) is 18.7. The number of carbonyl (C=O) groups excluding carboxylic acids is 1. The number of aryl methyl sites for hydroxylation is 1. The molecule has 1 amide bonds. The summed E-state index contributed by atoms with van der Waals surface area (Å²) in [7, 11) is -2.02. The number of likely N-dealkylation sites (tertiary alicyclic amines) is 1. The van der Waals surface area contributed by atoms with E-state index in [9.17, 15) is 13.2 Å². The lowest BCUT2D eigenvalue weighted by molar-refractivity contribution is 0.0787. The first-order valence-corrected chi connectivity index (χ1v) is 10.4. The quantitative estimate of drug-likeness (QED) is 0.808. The first-order valence-electron chi connectivity index (χ1n) is 8.96. The molecule has 1 N–H and O–H groups in total. The molecule has 2 heterocycles. The molecule has 1 fully saturated rings. The van der Waals surface area contributed by atoms with E-state index < -0.39 is 10.0 Å². The predicted molar refractivity (Wildman–Crippen MR) is 101 cm³/mol. The second kappa shape index (κ2) is 8.05. The summed E-state index contributed by atoms with van der Waals surface area (Å²) in [6, 6.07) is 11.5. The molecule has 0 atom stereocenters. The number of sulfonamides is 1. The molecule has 0 aliphatic carbocycles. The number of amides is 1. The Bertz CT molecular complexity index is 840. The predicted octanol–water partition coefficient (Wildman–Crippen LogP) is 2.50. The van der Waals surface area contributed by atoms with Gasteiger partial charge in [-0.2, -0.15) is 0 Å². The number of aromatic nitrogens is 1. The SMILES string of the molecule is CN(CCCc1ccccc1)S(=O)(=O)c1c[nH]c(C(=O)N2CCCC2)c1. The Morgan fingerprint density at radius 2 is 1.88 bits per heavy atom. The largest absolute Gasteiger partial charge is 0.356 e. The fraction of sp³-hybridized carbons (Fsp3) is 0.421. The Hall–Kier alpha value is -2.12. The van der Waals surface area contributed by atoms with Crippen LogP contribution in [0.25, 0.3) is 0 Å². The average Bonchev–Trinajstić information content (AvgIpc) is 3.34. The molecule has 7 heteroatoms. The molecule has 140 valence electrons. The van der Waals surface area contributed by atoms with Crippen LogP contribution in [-0.4, -0.2) is 55.2 Å². The first-order chi connectivity index (χ1) is 12.5. The summed E-state index contributed by atoms with van der Waals surface area (Å²) in [5.41, 5.74) is 1.53. The van der Waals surface area contributed by atoms with Crippen LogP contribution < -0.4 is 0 Å². The van der Waals surface area contributed by atoms with Crippen molar-refractivity contribution < 1.29 is 13.2 Å². The Balaban J connectivity index is 1.61. The van der Waals surface area contributed by atoms with E-state index >= 15 is 0 Å². The molecule has 26 heavy (non-hydrogen) atoms. The maximum atomic E-state index is 12.7. The Labute approximate surface area is 154 Å². The van der Waals surface area contributed by atoms with Gasteiger partial charge in [-0.1, -0.05) is 30.3 Å². The third kappa shape index (κ3) is 4.16. The topological polar surface area (TPSA) is 73.5 Å². The van der Waals surface area contributed by atoms with Crippen LogP contribution in [0.15, 0.2) is 47.5 Å². The summed E-state index contributed by atoms with van der Waals surface area (Å²) in [6.07, 6.45) is 4.98. The van der Waals surface area contributed by atoms with Gasteiger partial charge < -0.3 is 9.88 Å². The highest BCUT2D eigenvalue weighted by atomic mass is 32.2. The lowest BCUT2D eigenvalue weighted by Crippen LogP contribution is -2.28. The summed E-state index contributed by atoms with van der Waals surface area (Å²) < 4.78 is 26.8. The molecule has 1 aliphatic rings. The molecule has 3 rings (SSSR count). The number of H-pyrrole nitrogens is 1. The van der Waals surface area contributed by atoms with Crippen molar-refractivity contribution in [1.29, 1.82) is 0 Å². The van der Waals surface area contributed by atoms with Gasteiger partial charge in [-0.3, -0.25) is 4.79 Å². The van der Waals surface area contributed by atoms with E-state index in [0.29, 0.717) is 12.2 Å². The molecule has 6 nitrogen and oxygen atoms in total. The molecule has 2 aromatic rings. The summed E-state index contributed by atoms with van der Waals surface area (Å²) in [6.45, 7) is 1.90. The van der Waals surface area contributed by atoms with Crippen molar-refractivity contribution in [2.24, 2.45) is 0 Å². The number of hydrogen-bond donors (Lipinski definition) is 1. The highest BCUT2D eigenvalue weighted by Gasteiger charge is 2.25. The molecule has 1 saturated heterocycles. The summed E-state index contributed by atoms with van der Waals surface area (Å²) in [5.74, 6) is -0.129. The molecule has 1 aromatic carbocycles. The van der Waals surface area contributed by atoms with Crippen molar-refractivity contribution in [3.63, 3.8) is 0 Å². The third-order valence-electron chi connectivity index (χ3n) is 4.77. The van der Waals surface area contributed by atoms with Gasteiger partial charge in [0.05, 0.1) is 0 Å². The normalized spacial score (nSPS) is 14.9. The second-order valence-corrected chi connectivity index (χ2v) is 8.71. The maximum absolute atomic E-state index is 12.7. The molecular formula is C19H25N3O3S. The van der Waals surface area contributed by atoms with Gasteiger partial charge >= 0.3 is 0 Å². The second-order valence-electron chi connectivity index (χ2n) is 6.66. The van der Waals surface area contributed by atoms with Gasteiger partial charge in [0.1, 0.15) is 10.6 Å². The number of carbonyl (C=O) groups is 1. The van der Waals surface area contributed by atoms with E-state index in [0.717, 1.165) is 38.8 Å². The number of hydrogen-bond acceptors (Lipinski definition) is 3. The number of rotatable bonds is 7. The van der Waals surface area contributed by atoms with Crippen LogP contribution in [0.3, 0.4) is 0 Å². The van der Waals surface area contributed by atoms with Crippen molar-refractivity contribution in [3.05, 3.63) is 53.9 Å². The van der Waals surface area contributed by atoms with E-state index in [1.807, 2.05) is 30.3 Å². The van der Waals surface area contributed by atoms with E-state index in [1.165, 1.54) is 22.1 Å². The van der Waals surface area contributed by atoms with Crippen LogP contribution in [0.5, 0.6) is 0 Å². The van der Waals surface area contributed by atoms with E-state index in [1.54, 1.807) is 11.9 Å². The lowest BCUT2D eigenvalue weighted by atomic mass is 10.1. The lowest BCUT2D eigenvalue weighted by Gasteiger charge is -2.16. The zero-order valence-corrected chi connectivity index (χ0v) is 15.8. The minimum atomic E-state index is -3.60. The highest BCUT2D eigenvalue weighted by molar-refractivity contribution is 7.89. The number of nitrogens with one attached hydrogen (secondary N) is 1. The van der Waals surface area contributed by atoms with Crippen molar-refractivity contribution >= 4 is 15.9 Å². The highest BCUT2D eigenvalue weighted by Crippen LogP contribution is 2.19. The number of aromatic amines is 1. The molecule has 0 bridgehead atoms. The number of nitrogens with zero attached hydrogens (tertiary/aromatic N) is 2. The Morgan fingerprint density at radius 1 is 1.19 bits per heavy atom. The van der Waals surface area contributed by atoms with E-state index in [2.05, 4.69) is 4.98 Å². The summed E-state index contributed by atoms with van der Waals surface area (Å²) in [4.78, 5) is 17.1. The smallest absolute Gasteiger partial charge is 0.270 e. The Morgan fingerprint density at radius 3 is 2.58 bits per heavy atom. The van der Waals surface area contributed by atoms with Gasteiger partial charge in [-0.05, 0) is 37.3 Å². The van der Waals surface area contributed by atoms with Gasteiger partial charge in [0, 0.05) is 32.9 Å². The van der Waals surface area contributed by atoms with Gasteiger partial charge in [0.2, 0.25) is 10.0 Å². The summed E-state index contributed by atoms with van der Waals surface area (Å²) >= 11 is 0. The third-order valence-corrected chi connectivity index (χ3v) is 6.60. The molecule has 0 saturated carbocycles. The standard InChI is InChI=1S/C19H25N3O3S/c1-21(11-7-10-16-8-3-2-4-9-16)26(24,25)17-14-18(20-15-17)19(23)22-12-5-6-13-22/h2-4,8-9,14-15,20H,5-7,10-13H2,1H3. The van der Waals surface area contributed by atoms with Crippen LogP contribution in [0, 0.1) is 0 Å². The van der Waals surface area contributed by atoms with Crippen molar-refractivity contribution in [2.75, 3.05) is 26.7 Å². The van der Waals surface area contributed by atoms with Crippen LogP contribution in [0.4, 0.5) is 0 Å². The molecule has 0 spiro atoms. The van der Waals surface area contributed by atoms with Gasteiger partial charge in [-0.25, -0.2) is 12.7 Å². The minimum Gasteiger partial charge on any atom is -0.356 e. The van der Waals surface area contributed by atoms with Gasteiger partial charge in [0.25, 0.3) is 5.91 Å². The van der Waals surface area contributed by atoms with Gasteiger partial charge in [0.15, 0.2) is 0 Å². The number of benzene rings is 1. The van der Waals surface area contributed by atoms with E-state index in [4.69, 9.17) is 0 Å². The van der Waals surface area contributed by atoms with Gasteiger partial charge in [-0.15, -0.1) is 0 Å². The average molecular weight is 375 g/mol. The fourth-order valence-corrected chi connectivity index (χ4v) is 4.39. The molecular weight excluding hydrogens is 350 g/mol. The maximum Gasteiger partial charge on any atom is 0.270 e. The molecule has 0 unspecified atom stereocenters. The van der Waals surface area contributed by atoms with E-state index in [-0.39, 0.29) is 10.8 Å². The fourth-order valence-electron chi connectivity index (χ4n) is 3.19. The molecule has 1 aromatic heterocycles. The monoisotopic (exact) mass is 375 g/mol. The molecule has 0 radical (unpaired) electrons. The summed E-state index contributed by atoms with van der Waals surface area (Å²) in [5, 5.41) is 0. The van der Waals surface area contributed by atoms with Crippen LogP contribution in [0.1, 0.15) is 35.3 Å². The van der Waals surface area contributed by atoms with Crippen LogP contribution >= 0.6 is 0 Å². The molecule has 1 aliphatic heterocycles. The van der Waals surface area contributed by atoms with Crippen LogP contribution in [0.2, 0.25) is 0 Å². The minimum absolute atomic E-state index is 0.129. The van der Waals surface area contributed by atoms with Crippen molar-refractivity contribution in [1.82, 2.24) is 14.2 Å². The van der Waals surface area contributed by atoms with Crippen molar-refractivity contribution in [3.8, 4) is 0 Å². The van der Waals surface area contributed by atoms with Crippen LogP contribution in [-0.2, 0) is 16.4 Å². The zero-order chi connectivity index (χ0) is 18.6.